The van der Waals surface area contributed by atoms with Crippen LogP contribution in [0, 0.1) is 0 Å². The molecule has 1 rings (SSSR count). The van der Waals surface area contributed by atoms with Crippen LogP contribution in [0.5, 0.6) is 0 Å². The molecule has 1 aliphatic heterocycles. The Kier molecular flexibility index (Phi) is 5.29. The third-order valence-corrected chi connectivity index (χ3v) is 3.02. The molecule has 2 unspecified atom stereocenters. The molecule has 15 heavy (non-hydrogen) atoms. The summed E-state index contributed by atoms with van der Waals surface area (Å²) in [6.45, 7) is 10.5. The maximum absolute atomic E-state index is 3.83. The molecule has 0 aliphatic carbocycles. The van der Waals surface area contributed by atoms with Gasteiger partial charge in [-0.25, -0.2) is 0 Å². The summed E-state index contributed by atoms with van der Waals surface area (Å²) in [7, 11) is 4.27. The molecule has 0 bridgehead atoms. The minimum Gasteiger partial charge on any atom is -0.311 e. The molecule has 2 atom stereocenters. The summed E-state index contributed by atoms with van der Waals surface area (Å²) in [5, 5.41) is 3.61. The Balaban J connectivity index is 2.50. The first kappa shape index (κ1) is 12.7. The first-order valence-electron chi connectivity index (χ1n) is 5.86. The normalized spacial score (nSPS) is 29.1. The number of hydrogen-bond donors (Lipinski definition) is 1. The first-order valence-corrected chi connectivity index (χ1v) is 5.86. The van der Waals surface area contributed by atoms with Gasteiger partial charge in [0.05, 0.1) is 0 Å². The van der Waals surface area contributed by atoms with Gasteiger partial charge in [0.15, 0.2) is 0 Å². The van der Waals surface area contributed by atoms with Gasteiger partial charge in [0.2, 0.25) is 0 Å². The second kappa shape index (κ2) is 6.26. The van der Waals surface area contributed by atoms with Crippen LogP contribution in [0.3, 0.4) is 0 Å². The van der Waals surface area contributed by atoms with Gasteiger partial charge in [0.25, 0.3) is 0 Å². The molecule has 3 nitrogen and oxygen atoms in total. The Labute approximate surface area is 94.1 Å². The molecule has 3 heteroatoms. The van der Waals surface area contributed by atoms with E-state index < -0.39 is 0 Å². The molecule has 1 saturated heterocycles. The topological polar surface area (TPSA) is 18.5 Å². The van der Waals surface area contributed by atoms with Gasteiger partial charge in [-0.1, -0.05) is 6.08 Å². The average Bonchev–Trinajstić information content (AvgIpc) is 2.29. The number of nitrogens with one attached hydrogen (secondary N) is 1. The highest BCUT2D eigenvalue weighted by atomic mass is 15.2. The van der Waals surface area contributed by atoms with E-state index in [1.165, 1.54) is 6.42 Å². The van der Waals surface area contributed by atoms with Crippen LogP contribution in [0.15, 0.2) is 12.7 Å². The zero-order valence-corrected chi connectivity index (χ0v) is 10.4. The maximum Gasteiger partial charge on any atom is 0.0322 e. The van der Waals surface area contributed by atoms with Crippen molar-refractivity contribution in [2.45, 2.75) is 25.4 Å². The van der Waals surface area contributed by atoms with Crippen molar-refractivity contribution in [1.82, 2.24) is 15.1 Å². The van der Waals surface area contributed by atoms with E-state index in [0.29, 0.717) is 12.1 Å². The van der Waals surface area contributed by atoms with Crippen molar-refractivity contribution in [3.63, 3.8) is 0 Å². The largest absolute Gasteiger partial charge is 0.311 e. The summed E-state index contributed by atoms with van der Waals surface area (Å²) >= 11 is 0. The van der Waals surface area contributed by atoms with Gasteiger partial charge < -0.3 is 10.2 Å². The number of nitrogens with zero attached hydrogens (tertiary/aromatic N) is 2. The van der Waals surface area contributed by atoms with Gasteiger partial charge in [-0.05, 0) is 34.0 Å². The quantitative estimate of drug-likeness (QED) is 0.694. The number of likely N-dealkylation sites (N-methyl/N-ethyl adjacent to an activating group) is 1. The Hall–Kier alpha value is -0.380. The fraction of sp³-hybridized carbons (Fsp3) is 0.833. The van der Waals surface area contributed by atoms with Crippen LogP contribution >= 0.6 is 0 Å². The minimum atomic E-state index is 0.588. The molecule has 1 fully saturated rings. The van der Waals surface area contributed by atoms with Crippen molar-refractivity contribution < 1.29 is 0 Å². The highest BCUT2D eigenvalue weighted by Crippen LogP contribution is 2.09. The Morgan fingerprint density at radius 2 is 2.27 bits per heavy atom. The Morgan fingerprint density at radius 3 is 2.87 bits per heavy atom. The predicted octanol–water partition coefficient (Wildman–Crippen LogP) is 0.786. The lowest BCUT2D eigenvalue weighted by Gasteiger charge is -2.28. The summed E-state index contributed by atoms with van der Waals surface area (Å²) in [4.78, 5) is 4.76. The average molecular weight is 211 g/mol. The summed E-state index contributed by atoms with van der Waals surface area (Å²) in [5.41, 5.74) is 0. The number of rotatable bonds is 4. The number of hydrogen-bond acceptors (Lipinski definition) is 3. The van der Waals surface area contributed by atoms with E-state index in [4.69, 9.17) is 0 Å². The smallest absolute Gasteiger partial charge is 0.0322 e. The van der Waals surface area contributed by atoms with Crippen molar-refractivity contribution in [1.29, 1.82) is 0 Å². The van der Waals surface area contributed by atoms with Crippen molar-refractivity contribution >= 4 is 0 Å². The molecule has 0 aromatic rings. The molecule has 1 aliphatic rings. The highest BCUT2D eigenvalue weighted by molar-refractivity contribution is 4.85. The van der Waals surface area contributed by atoms with Crippen LogP contribution in [-0.2, 0) is 0 Å². The molecule has 0 saturated carbocycles. The van der Waals surface area contributed by atoms with Gasteiger partial charge in [-0.2, -0.15) is 0 Å². The molecular weight excluding hydrogens is 186 g/mol. The summed E-state index contributed by atoms with van der Waals surface area (Å²) in [5.74, 6) is 0. The molecule has 0 aromatic carbocycles. The lowest BCUT2D eigenvalue weighted by atomic mass is 10.2. The maximum atomic E-state index is 3.83. The third kappa shape index (κ3) is 4.33. The summed E-state index contributed by atoms with van der Waals surface area (Å²) in [6, 6.07) is 1.26. The van der Waals surface area contributed by atoms with Crippen molar-refractivity contribution in [3.8, 4) is 0 Å². The van der Waals surface area contributed by atoms with E-state index in [9.17, 15) is 0 Å². The molecule has 0 radical (unpaired) electrons. The summed E-state index contributed by atoms with van der Waals surface area (Å²) < 4.78 is 0. The van der Waals surface area contributed by atoms with E-state index >= 15 is 0 Å². The van der Waals surface area contributed by atoms with Gasteiger partial charge in [-0.3, -0.25) is 4.90 Å². The van der Waals surface area contributed by atoms with Crippen LogP contribution in [0.2, 0.25) is 0 Å². The molecule has 88 valence electrons. The van der Waals surface area contributed by atoms with Crippen LogP contribution in [0.25, 0.3) is 0 Å². The van der Waals surface area contributed by atoms with E-state index in [2.05, 4.69) is 42.7 Å². The van der Waals surface area contributed by atoms with Gasteiger partial charge in [0.1, 0.15) is 0 Å². The van der Waals surface area contributed by atoms with Gasteiger partial charge in [-0.15, -0.1) is 6.58 Å². The third-order valence-electron chi connectivity index (χ3n) is 3.02. The molecule has 1 heterocycles. The fourth-order valence-electron chi connectivity index (χ4n) is 2.19. The van der Waals surface area contributed by atoms with E-state index in [1.54, 1.807) is 0 Å². The Morgan fingerprint density at radius 1 is 1.53 bits per heavy atom. The van der Waals surface area contributed by atoms with Crippen molar-refractivity contribution in [2.24, 2.45) is 0 Å². The zero-order chi connectivity index (χ0) is 11.3. The standard InChI is InChI=1S/C12H25N3/c1-5-8-15-10-12(9-14(3)4)13-7-6-11(15)2/h5,11-13H,1,6-10H2,2-4H3. The lowest BCUT2D eigenvalue weighted by Crippen LogP contribution is -2.45. The monoisotopic (exact) mass is 211 g/mol. The fourth-order valence-corrected chi connectivity index (χ4v) is 2.19. The van der Waals surface area contributed by atoms with Crippen LogP contribution in [0.4, 0.5) is 0 Å². The minimum absolute atomic E-state index is 0.588. The molecular formula is C12H25N3. The molecule has 0 aromatic heterocycles. The molecule has 0 amide bonds. The van der Waals surface area contributed by atoms with E-state index in [0.717, 1.165) is 26.2 Å². The van der Waals surface area contributed by atoms with Crippen molar-refractivity contribution in [3.05, 3.63) is 12.7 Å². The van der Waals surface area contributed by atoms with Gasteiger partial charge in [0, 0.05) is 31.7 Å². The highest BCUT2D eigenvalue weighted by Gasteiger charge is 2.21. The predicted molar refractivity (Wildman–Crippen MR) is 66.2 cm³/mol. The Bertz CT molecular complexity index is 191. The SMILES string of the molecule is C=CCN1CC(CN(C)C)NCCC1C. The van der Waals surface area contributed by atoms with Crippen molar-refractivity contribution in [2.75, 3.05) is 40.3 Å². The molecule has 0 spiro atoms. The summed E-state index contributed by atoms with van der Waals surface area (Å²) in [6.07, 6.45) is 3.24. The van der Waals surface area contributed by atoms with Crippen LogP contribution in [-0.4, -0.2) is 62.2 Å². The van der Waals surface area contributed by atoms with E-state index in [1.807, 2.05) is 6.08 Å². The van der Waals surface area contributed by atoms with Gasteiger partial charge >= 0.3 is 0 Å². The van der Waals surface area contributed by atoms with Crippen LogP contribution in [0.1, 0.15) is 13.3 Å². The second-order valence-electron chi connectivity index (χ2n) is 4.79. The molecule has 1 N–H and O–H groups in total. The zero-order valence-electron chi connectivity index (χ0n) is 10.4. The second-order valence-corrected chi connectivity index (χ2v) is 4.79. The van der Waals surface area contributed by atoms with Crippen LogP contribution < -0.4 is 5.32 Å². The van der Waals surface area contributed by atoms with E-state index in [-0.39, 0.29) is 0 Å². The lowest BCUT2D eigenvalue weighted by molar-refractivity contribution is 0.212. The first-order chi connectivity index (χ1) is 7.13.